The molecule has 0 aliphatic rings. The summed E-state index contributed by atoms with van der Waals surface area (Å²) >= 11 is 0. The Morgan fingerprint density at radius 2 is 2.07 bits per heavy atom. The highest BCUT2D eigenvalue weighted by molar-refractivity contribution is 5.72. The van der Waals surface area contributed by atoms with Crippen molar-refractivity contribution in [2.45, 2.75) is 39.3 Å². The molecular weight excluding hydrogens is 184 g/mol. The van der Waals surface area contributed by atoms with Gasteiger partial charge in [-0.05, 0) is 20.8 Å². The van der Waals surface area contributed by atoms with E-state index in [1.807, 2.05) is 20.8 Å². The number of hydrogen-bond acceptors (Lipinski definition) is 5. The Bertz CT molecular complexity index is 187. The van der Waals surface area contributed by atoms with Gasteiger partial charge in [-0.1, -0.05) is 5.16 Å². The second-order valence-corrected chi connectivity index (χ2v) is 4.21. The smallest absolute Gasteiger partial charge is 0.222 e. The summed E-state index contributed by atoms with van der Waals surface area (Å²) in [5, 5.41) is 23.7. The van der Waals surface area contributed by atoms with Crippen molar-refractivity contribution in [2.75, 3.05) is 13.2 Å². The molecule has 0 fully saturated rings. The van der Waals surface area contributed by atoms with Gasteiger partial charge in [-0.2, -0.15) is 0 Å². The van der Waals surface area contributed by atoms with E-state index in [-0.39, 0.29) is 18.0 Å². The van der Waals surface area contributed by atoms with Gasteiger partial charge in [0.15, 0.2) is 0 Å². The maximum absolute atomic E-state index is 9.43. The fourth-order valence-corrected chi connectivity index (χ4v) is 0.729. The van der Waals surface area contributed by atoms with Gasteiger partial charge >= 0.3 is 0 Å². The molecule has 0 bridgehead atoms. The average molecular weight is 204 g/mol. The van der Waals surface area contributed by atoms with Crippen LogP contribution in [0.15, 0.2) is 5.16 Å². The van der Waals surface area contributed by atoms with Crippen LogP contribution in [0.4, 0.5) is 0 Å². The van der Waals surface area contributed by atoms with Crippen LogP contribution in [0.25, 0.3) is 0 Å². The van der Waals surface area contributed by atoms with Crippen molar-refractivity contribution in [3.8, 4) is 0 Å². The summed E-state index contributed by atoms with van der Waals surface area (Å²) in [6, 6.07) is 0. The molecule has 0 saturated heterocycles. The van der Waals surface area contributed by atoms with Crippen molar-refractivity contribution in [3.05, 3.63) is 0 Å². The minimum Gasteiger partial charge on any atom is -0.476 e. The predicted octanol–water partition coefficient (Wildman–Crippen LogP) is 0.560. The van der Waals surface area contributed by atoms with Crippen molar-refractivity contribution in [1.82, 2.24) is 5.32 Å². The molecule has 3 N–H and O–H groups in total. The molecule has 5 nitrogen and oxygen atoms in total. The first kappa shape index (κ1) is 13.2. The van der Waals surface area contributed by atoms with Crippen LogP contribution in [0.1, 0.15) is 27.7 Å². The van der Waals surface area contributed by atoms with Crippen LogP contribution in [0.5, 0.6) is 0 Å². The Morgan fingerprint density at radius 1 is 1.50 bits per heavy atom. The first-order valence-corrected chi connectivity index (χ1v) is 4.59. The molecule has 5 heteroatoms. The molecule has 0 aromatic rings. The summed E-state index contributed by atoms with van der Waals surface area (Å²) in [6.07, 6.45) is -0.606. The van der Waals surface area contributed by atoms with Crippen molar-refractivity contribution in [1.29, 1.82) is 0 Å². The molecule has 0 spiro atoms. The number of nitrogens with one attached hydrogen (secondary N) is 1. The number of oxime groups is 1. The summed E-state index contributed by atoms with van der Waals surface area (Å²) in [7, 11) is 0. The Labute approximate surface area is 84.8 Å². The van der Waals surface area contributed by atoms with Gasteiger partial charge in [0.1, 0.15) is 12.7 Å². The standard InChI is InChI=1S/C9H20N2O3/c1-7(11-13)14-6-8(12)5-10-9(2,3)4/h8,10,12-13H,5-6H2,1-4H3. The summed E-state index contributed by atoms with van der Waals surface area (Å²) in [5.41, 5.74) is -0.0267. The maximum Gasteiger partial charge on any atom is 0.222 e. The maximum atomic E-state index is 9.43. The fraction of sp³-hybridized carbons (Fsp3) is 0.889. The minimum absolute atomic E-state index is 0.0267. The zero-order valence-electron chi connectivity index (χ0n) is 9.24. The Balaban J connectivity index is 3.61. The second-order valence-electron chi connectivity index (χ2n) is 4.21. The lowest BCUT2D eigenvalue weighted by atomic mass is 10.1. The number of hydrogen-bond donors (Lipinski definition) is 3. The number of ether oxygens (including phenoxy) is 1. The Hall–Kier alpha value is -0.810. The van der Waals surface area contributed by atoms with E-state index >= 15 is 0 Å². The predicted molar refractivity (Wildman–Crippen MR) is 54.6 cm³/mol. The third-order valence-corrected chi connectivity index (χ3v) is 1.49. The first-order valence-electron chi connectivity index (χ1n) is 4.59. The second kappa shape index (κ2) is 5.82. The van der Waals surface area contributed by atoms with E-state index in [1.165, 1.54) is 6.92 Å². The van der Waals surface area contributed by atoms with E-state index in [4.69, 9.17) is 9.94 Å². The Morgan fingerprint density at radius 3 is 2.50 bits per heavy atom. The van der Waals surface area contributed by atoms with Gasteiger partial charge in [-0.3, -0.25) is 0 Å². The molecule has 0 amide bonds. The number of aliphatic hydroxyl groups is 1. The monoisotopic (exact) mass is 204 g/mol. The van der Waals surface area contributed by atoms with Crippen molar-refractivity contribution in [2.24, 2.45) is 5.16 Å². The zero-order chi connectivity index (χ0) is 11.2. The number of β-amino-alcohol motifs (C(OH)–C–C–N with tert-alkyl or cyclic N) is 1. The molecule has 0 heterocycles. The highest BCUT2D eigenvalue weighted by atomic mass is 16.5. The van der Waals surface area contributed by atoms with Crippen LogP contribution in [-0.4, -0.2) is 41.0 Å². The van der Waals surface area contributed by atoms with Gasteiger partial charge in [-0.25, -0.2) is 0 Å². The molecule has 0 aliphatic heterocycles. The lowest BCUT2D eigenvalue weighted by molar-refractivity contribution is 0.0912. The fourth-order valence-electron chi connectivity index (χ4n) is 0.729. The van der Waals surface area contributed by atoms with Crippen LogP contribution < -0.4 is 5.32 Å². The first-order chi connectivity index (χ1) is 6.35. The lowest BCUT2D eigenvalue weighted by Gasteiger charge is -2.22. The molecule has 0 radical (unpaired) electrons. The van der Waals surface area contributed by atoms with Gasteiger partial charge in [-0.15, -0.1) is 0 Å². The molecule has 0 aromatic heterocycles. The number of aliphatic hydroxyl groups excluding tert-OH is 1. The van der Waals surface area contributed by atoms with Gasteiger partial charge < -0.3 is 20.4 Å². The highest BCUT2D eigenvalue weighted by Gasteiger charge is 2.12. The van der Waals surface area contributed by atoms with Gasteiger partial charge in [0.05, 0.1) is 0 Å². The molecule has 0 aromatic carbocycles. The summed E-state index contributed by atoms with van der Waals surface area (Å²) in [5.74, 6) is 0.153. The molecule has 1 atom stereocenters. The van der Waals surface area contributed by atoms with E-state index in [2.05, 4.69) is 10.5 Å². The summed E-state index contributed by atoms with van der Waals surface area (Å²) < 4.78 is 4.93. The van der Waals surface area contributed by atoms with Crippen LogP contribution in [0.2, 0.25) is 0 Å². The molecule has 84 valence electrons. The van der Waals surface area contributed by atoms with E-state index in [0.717, 1.165) is 0 Å². The zero-order valence-corrected chi connectivity index (χ0v) is 9.24. The average Bonchev–Trinajstić information content (AvgIpc) is 2.09. The third-order valence-electron chi connectivity index (χ3n) is 1.49. The molecular formula is C9H20N2O3. The molecule has 0 aliphatic carbocycles. The van der Waals surface area contributed by atoms with Gasteiger partial charge in [0.2, 0.25) is 5.90 Å². The van der Waals surface area contributed by atoms with E-state index in [0.29, 0.717) is 6.54 Å². The van der Waals surface area contributed by atoms with Gasteiger partial charge in [0, 0.05) is 19.0 Å². The van der Waals surface area contributed by atoms with E-state index in [1.54, 1.807) is 0 Å². The minimum atomic E-state index is -0.606. The molecule has 0 saturated carbocycles. The van der Waals surface area contributed by atoms with Crippen LogP contribution in [0, 0.1) is 0 Å². The molecule has 1 unspecified atom stereocenters. The van der Waals surface area contributed by atoms with Crippen LogP contribution in [-0.2, 0) is 4.74 Å². The van der Waals surface area contributed by atoms with Crippen LogP contribution >= 0.6 is 0 Å². The topological polar surface area (TPSA) is 74.1 Å². The van der Waals surface area contributed by atoms with E-state index in [9.17, 15) is 5.11 Å². The normalized spacial score (nSPS) is 15.4. The largest absolute Gasteiger partial charge is 0.476 e. The number of nitrogens with zero attached hydrogens (tertiary/aromatic N) is 1. The Kier molecular flexibility index (Phi) is 5.49. The van der Waals surface area contributed by atoms with E-state index < -0.39 is 6.10 Å². The molecule has 14 heavy (non-hydrogen) atoms. The summed E-state index contributed by atoms with van der Waals surface area (Å²) in [6.45, 7) is 8.13. The third kappa shape index (κ3) is 7.82. The van der Waals surface area contributed by atoms with Crippen LogP contribution in [0.3, 0.4) is 0 Å². The van der Waals surface area contributed by atoms with Crippen molar-refractivity contribution >= 4 is 5.90 Å². The quantitative estimate of drug-likeness (QED) is 0.271. The SMILES string of the molecule is CC(=NO)OCC(O)CNC(C)(C)C. The summed E-state index contributed by atoms with van der Waals surface area (Å²) in [4.78, 5) is 0. The molecule has 0 rings (SSSR count). The van der Waals surface area contributed by atoms with Crippen molar-refractivity contribution in [3.63, 3.8) is 0 Å². The lowest BCUT2D eigenvalue weighted by Crippen LogP contribution is -2.42. The number of rotatable bonds is 4. The van der Waals surface area contributed by atoms with Gasteiger partial charge in [0.25, 0.3) is 0 Å². The highest BCUT2D eigenvalue weighted by Crippen LogP contribution is 1.98. The van der Waals surface area contributed by atoms with Crippen molar-refractivity contribution < 1.29 is 15.1 Å².